The van der Waals surface area contributed by atoms with E-state index in [1.807, 2.05) is 38.1 Å². The Balaban J connectivity index is 1.64. The van der Waals surface area contributed by atoms with Gasteiger partial charge in [0.2, 0.25) is 15.9 Å². The number of hydrogen-bond donors (Lipinski definition) is 5. The lowest BCUT2D eigenvalue weighted by Gasteiger charge is -2.25. The van der Waals surface area contributed by atoms with Gasteiger partial charge in [-0.1, -0.05) is 49.7 Å². The molecule has 3 atom stereocenters. The molecule has 0 bridgehead atoms. The van der Waals surface area contributed by atoms with Crippen LogP contribution in [-0.2, 0) is 14.8 Å². The van der Waals surface area contributed by atoms with Crippen molar-refractivity contribution in [1.82, 2.24) is 15.4 Å². The molecule has 3 aromatic rings. The van der Waals surface area contributed by atoms with Gasteiger partial charge in [-0.25, -0.2) is 13.1 Å². The van der Waals surface area contributed by atoms with Gasteiger partial charge in [0, 0.05) is 11.2 Å². The van der Waals surface area contributed by atoms with Crippen molar-refractivity contribution in [1.29, 1.82) is 0 Å². The fraction of sp³-hybridized carbons (Fsp3) is 0.385. The molecule has 12 heteroatoms. The molecule has 0 fully saturated rings. The number of halogens is 1. The van der Waals surface area contributed by atoms with Crippen LogP contribution in [0.15, 0.2) is 53.4 Å². The predicted octanol–water partition coefficient (Wildman–Crippen LogP) is 2.82. The van der Waals surface area contributed by atoms with Gasteiger partial charge in [-0.2, -0.15) is 0 Å². The molecule has 2 amide bonds. The molecule has 2 aromatic carbocycles. The zero-order chi connectivity index (χ0) is 28.0. The number of benzene rings is 2. The zero-order valence-corrected chi connectivity index (χ0v) is 23.7. The van der Waals surface area contributed by atoms with Gasteiger partial charge in [0.1, 0.15) is 10.9 Å². The molecule has 9 nitrogen and oxygen atoms in total. The minimum absolute atomic E-state index is 0.00267. The standard InChI is InChI=1S/C26H32ClN3O6S2/c1-15(2)10-19(29-26(34)23-12-17-6-4-5-7-22(17)37-23)25(33)28-13-21(32)20(14-31)30-38(35,36)24-9-8-16(3)11-18(24)27/h4-9,11-12,15,19-21,30-32H,10,13-14H2,1-3H3,(H,28,33)(H,29,34)/t19-,20-,21+/m0/s1. The van der Waals surface area contributed by atoms with Crippen LogP contribution in [0.1, 0.15) is 35.5 Å². The first kappa shape index (κ1) is 30.0. The topological polar surface area (TPSA) is 145 Å². The fourth-order valence-electron chi connectivity index (χ4n) is 3.82. The molecule has 0 aliphatic heterocycles. The second kappa shape index (κ2) is 13.0. The molecule has 5 N–H and O–H groups in total. The fourth-order valence-corrected chi connectivity index (χ4v) is 6.65. The lowest BCUT2D eigenvalue weighted by Crippen LogP contribution is -2.53. The van der Waals surface area contributed by atoms with Crippen LogP contribution in [0.25, 0.3) is 10.1 Å². The van der Waals surface area contributed by atoms with E-state index in [0.717, 1.165) is 15.6 Å². The molecule has 38 heavy (non-hydrogen) atoms. The van der Waals surface area contributed by atoms with Gasteiger partial charge in [-0.05, 0) is 54.5 Å². The van der Waals surface area contributed by atoms with Gasteiger partial charge in [0.25, 0.3) is 5.91 Å². The highest BCUT2D eigenvalue weighted by Crippen LogP contribution is 2.25. The summed E-state index contributed by atoms with van der Waals surface area (Å²) in [7, 11) is -4.16. The molecule has 206 valence electrons. The quantitative estimate of drug-likeness (QED) is 0.222. The third kappa shape index (κ3) is 7.75. The number of aryl methyl sites for hydroxylation is 1. The smallest absolute Gasteiger partial charge is 0.262 e. The van der Waals surface area contributed by atoms with Gasteiger partial charge >= 0.3 is 0 Å². The maximum Gasteiger partial charge on any atom is 0.262 e. The molecular formula is C26H32ClN3O6S2. The van der Waals surface area contributed by atoms with E-state index in [-0.39, 0.29) is 28.3 Å². The SMILES string of the molecule is Cc1ccc(S(=O)(=O)N[C@@H](CO)[C@H](O)CNC(=O)[C@H](CC(C)C)NC(=O)c2cc3ccccc3s2)c(Cl)c1. The summed E-state index contributed by atoms with van der Waals surface area (Å²) in [5.41, 5.74) is 0.769. The van der Waals surface area contributed by atoms with Crippen molar-refractivity contribution in [2.24, 2.45) is 5.92 Å². The molecule has 0 unspecified atom stereocenters. The molecule has 0 saturated heterocycles. The summed E-state index contributed by atoms with van der Waals surface area (Å²) in [5, 5.41) is 26.6. The zero-order valence-electron chi connectivity index (χ0n) is 21.3. The lowest BCUT2D eigenvalue weighted by atomic mass is 10.0. The van der Waals surface area contributed by atoms with E-state index >= 15 is 0 Å². The van der Waals surface area contributed by atoms with Crippen LogP contribution in [0.2, 0.25) is 5.02 Å². The summed E-state index contributed by atoms with van der Waals surface area (Å²) in [4.78, 5) is 26.1. The van der Waals surface area contributed by atoms with Crippen LogP contribution in [0.5, 0.6) is 0 Å². The molecule has 0 spiro atoms. The first-order chi connectivity index (χ1) is 17.9. The van der Waals surface area contributed by atoms with E-state index in [9.17, 15) is 28.2 Å². The number of thiophene rings is 1. The highest BCUT2D eigenvalue weighted by atomic mass is 35.5. The van der Waals surface area contributed by atoms with Gasteiger partial charge < -0.3 is 20.8 Å². The van der Waals surface area contributed by atoms with Gasteiger partial charge in [0.15, 0.2) is 0 Å². The first-order valence-electron chi connectivity index (χ1n) is 12.1. The first-order valence-corrected chi connectivity index (χ1v) is 14.7. The number of rotatable bonds is 12. The van der Waals surface area contributed by atoms with E-state index in [0.29, 0.717) is 11.3 Å². The number of fused-ring (bicyclic) bond motifs is 1. The van der Waals surface area contributed by atoms with E-state index in [1.54, 1.807) is 19.1 Å². The molecular weight excluding hydrogens is 550 g/mol. The molecule has 0 saturated carbocycles. The Morgan fingerprint density at radius 2 is 1.82 bits per heavy atom. The number of carbonyl (C=O) groups is 2. The lowest BCUT2D eigenvalue weighted by molar-refractivity contribution is -0.123. The number of hydrogen-bond acceptors (Lipinski definition) is 7. The van der Waals surface area contributed by atoms with Gasteiger partial charge in [0.05, 0.1) is 28.7 Å². The number of aliphatic hydroxyl groups is 2. The number of carbonyl (C=O) groups excluding carboxylic acids is 2. The van der Waals surface area contributed by atoms with Crippen molar-refractivity contribution in [2.75, 3.05) is 13.2 Å². The highest BCUT2D eigenvalue weighted by molar-refractivity contribution is 7.89. The van der Waals surface area contributed by atoms with Gasteiger partial charge in [-0.3, -0.25) is 9.59 Å². The number of aliphatic hydroxyl groups excluding tert-OH is 2. The van der Waals surface area contributed by atoms with Crippen molar-refractivity contribution in [2.45, 2.75) is 50.3 Å². The monoisotopic (exact) mass is 581 g/mol. The summed E-state index contributed by atoms with van der Waals surface area (Å²) in [5.74, 6) is -0.841. The third-order valence-corrected chi connectivity index (χ3v) is 8.90. The Morgan fingerprint density at radius 1 is 1.11 bits per heavy atom. The molecule has 1 aromatic heterocycles. The molecule has 3 rings (SSSR count). The number of sulfonamides is 1. The van der Waals surface area contributed by atoms with Crippen LogP contribution in [0.4, 0.5) is 0 Å². The second-order valence-corrected chi connectivity index (χ2v) is 12.6. The molecule has 0 radical (unpaired) electrons. The van der Waals surface area contributed by atoms with Crippen molar-refractivity contribution in [3.8, 4) is 0 Å². The number of nitrogens with one attached hydrogen (secondary N) is 3. The number of amides is 2. The van der Waals surface area contributed by atoms with Crippen LogP contribution in [0, 0.1) is 12.8 Å². The summed E-state index contributed by atoms with van der Waals surface area (Å²) in [6.45, 7) is 4.50. The van der Waals surface area contributed by atoms with E-state index in [4.69, 9.17) is 11.6 Å². The second-order valence-electron chi connectivity index (χ2n) is 9.46. The minimum atomic E-state index is -4.16. The van der Waals surface area contributed by atoms with E-state index in [2.05, 4.69) is 15.4 Å². The largest absolute Gasteiger partial charge is 0.395 e. The van der Waals surface area contributed by atoms with Crippen LogP contribution >= 0.6 is 22.9 Å². The van der Waals surface area contributed by atoms with Crippen molar-refractivity contribution in [3.63, 3.8) is 0 Å². The predicted molar refractivity (Wildman–Crippen MR) is 149 cm³/mol. The van der Waals surface area contributed by atoms with Crippen LogP contribution in [-0.4, -0.2) is 61.8 Å². The Kier molecular flexibility index (Phi) is 10.3. The average Bonchev–Trinajstić information content (AvgIpc) is 3.29. The Labute approximate surface area is 231 Å². The van der Waals surface area contributed by atoms with Crippen molar-refractivity contribution >= 4 is 54.9 Å². The summed E-state index contributed by atoms with van der Waals surface area (Å²) >= 11 is 7.40. The maximum absolute atomic E-state index is 13.0. The molecule has 1 heterocycles. The van der Waals surface area contributed by atoms with Crippen LogP contribution < -0.4 is 15.4 Å². The Morgan fingerprint density at radius 3 is 2.45 bits per heavy atom. The van der Waals surface area contributed by atoms with Crippen molar-refractivity contribution in [3.05, 3.63) is 64.0 Å². The molecule has 0 aliphatic carbocycles. The Bertz CT molecular complexity index is 1360. The van der Waals surface area contributed by atoms with Crippen molar-refractivity contribution < 1.29 is 28.2 Å². The Hall–Kier alpha value is -2.54. The van der Waals surface area contributed by atoms with E-state index in [1.165, 1.54) is 23.5 Å². The highest BCUT2D eigenvalue weighted by Gasteiger charge is 2.29. The van der Waals surface area contributed by atoms with Crippen LogP contribution in [0.3, 0.4) is 0 Å². The summed E-state index contributed by atoms with van der Waals surface area (Å²) in [6.07, 6.45) is -1.11. The van der Waals surface area contributed by atoms with E-state index < -0.39 is 40.7 Å². The molecule has 0 aliphatic rings. The minimum Gasteiger partial charge on any atom is -0.395 e. The summed E-state index contributed by atoms with van der Waals surface area (Å²) in [6, 6.07) is 11.6. The normalized spacial score (nSPS) is 14.3. The summed E-state index contributed by atoms with van der Waals surface area (Å²) < 4.78 is 28.7. The van der Waals surface area contributed by atoms with Gasteiger partial charge in [-0.15, -0.1) is 11.3 Å². The third-order valence-electron chi connectivity index (χ3n) is 5.81. The average molecular weight is 582 g/mol. The maximum atomic E-state index is 13.0.